The maximum Gasteiger partial charge on any atom is 0.351 e. The van der Waals surface area contributed by atoms with Crippen molar-refractivity contribution in [2.75, 3.05) is 26.1 Å². The zero-order valence-corrected chi connectivity index (χ0v) is 13.6. The second kappa shape index (κ2) is 7.64. The second-order valence-electron chi connectivity index (χ2n) is 4.51. The molecule has 0 unspecified atom stereocenters. The third-order valence-electron chi connectivity index (χ3n) is 2.89. The summed E-state index contributed by atoms with van der Waals surface area (Å²) in [5.74, 6) is -0.739. The van der Waals surface area contributed by atoms with Gasteiger partial charge in [-0.3, -0.25) is 0 Å². The number of ether oxygens (including phenoxy) is 3. The number of anilines is 1. The fourth-order valence-electron chi connectivity index (χ4n) is 1.89. The van der Waals surface area contributed by atoms with E-state index < -0.39 is 11.9 Å². The van der Waals surface area contributed by atoms with Gasteiger partial charge in [0.25, 0.3) is 0 Å². The molecule has 0 saturated carbocycles. The minimum atomic E-state index is -0.524. The SMILES string of the molecule is CCOC(=O)COc1cc(-c2cccc(N)c2)sc1C(=O)OC. The van der Waals surface area contributed by atoms with E-state index in [1.165, 1.54) is 18.4 Å². The van der Waals surface area contributed by atoms with Gasteiger partial charge in [0.15, 0.2) is 11.5 Å². The Hall–Kier alpha value is -2.54. The van der Waals surface area contributed by atoms with Crippen molar-refractivity contribution in [1.82, 2.24) is 0 Å². The first-order valence-corrected chi connectivity index (χ1v) is 7.73. The highest BCUT2D eigenvalue weighted by Crippen LogP contribution is 2.37. The predicted molar refractivity (Wildman–Crippen MR) is 87.6 cm³/mol. The summed E-state index contributed by atoms with van der Waals surface area (Å²) in [5, 5.41) is 0. The Morgan fingerprint density at radius 3 is 2.70 bits per heavy atom. The molecule has 0 bridgehead atoms. The molecule has 0 aliphatic carbocycles. The molecule has 0 atom stereocenters. The van der Waals surface area contributed by atoms with Gasteiger partial charge in [0.1, 0.15) is 5.75 Å². The third kappa shape index (κ3) is 4.23. The van der Waals surface area contributed by atoms with E-state index in [1.807, 2.05) is 12.1 Å². The number of nitrogens with two attached hydrogens (primary N) is 1. The highest BCUT2D eigenvalue weighted by molar-refractivity contribution is 7.17. The molecule has 0 saturated heterocycles. The average Bonchev–Trinajstić information content (AvgIpc) is 2.97. The normalized spacial score (nSPS) is 10.2. The van der Waals surface area contributed by atoms with E-state index in [4.69, 9.17) is 19.9 Å². The molecule has 0 fully saturated rings. The van der Waals surface area contributed by atoms with Crippen molar-refractivity contribution in [2.24, 2.45) is 0 Å². The fraction of sp³-hybridized carbons (Fsp3) is 0.250. The van der Waals surface area contributed by atoms with Crippen LogP contribution in [0.15, 0.2) is 30.3 Å². The van der Waals surface area contributed by atoms with Gasteiger partial charge in [-0.2, -0.15) is 0 Å². The van der Waals surface area contributed by atoms with Gasteiger partial charge in [-0.1, -0.05) is 12.1 Å². The van der Waals surface area contributed by atoms with Gasteiger partial charge in [0.2, 0.25) is 0 Å². The number of hydrogen-bond acceptors (Lipinski definition) is 7. The van der Waals surface area contributed by atoms with Crippen molar-refractivity contribution in [3.05, 3.63) is 35.2 Å². The average molecular weight is 335 g/mol. The highest BCUT2D eigenvalue weighted by atomic mass is 32.1. The molecular weight excluding hydrogens is 318 g/mol. The molecule has 6 nitrogen and oxygen atoms in total. The Morgan fingerprint density at radius 1 is 1.26 bits per heavy atom. The zero-order valence-electron chi connectivity index (χ0n) is 12.8. The molecule has 2 rings (SSSR count). The van der Waals surface area contributed by atoms with E-state index in [0.29, 0.717) is 5.69 Å². The number of hydrogen-bond donors (Lipinski definition) is 1. The van der Waals surface area contributed by atoms with Gasteiger partial charge in [-0.15, -0.1) is 11.3 Å². The Kier molecular flexibility index (Phi) is 5.59. The molecule has 1 aromatic carbocycles. The molecule has 0 radical (unpaired) electrons. The van der Waals surface area contributed by atoms with Crippen LogP contribution in [0.2, 0.25) is 0 Å². The summed E-state index contributed by atoms with van der Waals surface area (Å²) < 4.78 is 15.0. The predicted octanol–water partition coefficient (Wildman–Crippen LogP) is 2.73. The van der Waals surface area contributed by atoms with Crippen LogP contribution >= 0.6 is 11.3 Å². The number of nitrogen functional groups attached to an aromatic ring is 1. The van der Waals surface area contributed by atoms with Crippen LogP contribution in [0.4, 0.5) is 5.69 Å². The van der Waals surface area contributed by atoms with Crippen LogP contribution in [0.3, 0.4) is 0 Å². The molecule has 0 aliphatic rings. The summed E-state index contributed by atoms with van der Waals surface area (Å²) in [7, 11) is 1.29. The fourth-order valence-corrected chi connectivity index (χ4v) is 2.91. The van der Waals surface area contributed by atoms with E-state index in [0.717, 1.165) is 10.4 Å². The van der Waals surface area contributed by atoms with E-state index >= 15 is 0 Å². The summed E-state index contributed by atoms with van der Waals surface area (Å²) >= 11 is 1.21. The van der Waals surface area contributed by atoms with E-state index in [-0.39, 0.29) is 23.8 Å². The number of benzene rings is 1. The minimum Gasteiger partial charge on any atom is -0.480 e. The van der Waals surface area contributed by atoms with E-state index in [9.17, 15) is 9.59 Å². The first-order chi connectivity index (χ1) is 11.0. The van der Waals surface area contributed by atoms with Crippen molar-refractivity contribution < 1.29 is 23.8 Å². The first-order valence-electron chi connectivity index (χ1n) is 6.91. The molecule has 1 aromatic heterocycles. The van der Waals surface area contributed by atoms with Gasteiger partial charge in [-0.05, 0) is 30.7 Å². The smallest absolute Gasteiger partial charge is 0.351 e. The number of rotatable bonds is 6. The van der Waals surface area contributed by atoms with Crippen LogP contribution < -0.4 is 10.5 Å². The van der Waals surface area contributed by atoms with Crippen LogP contribution in [0.25, 0.3) is 10.4 Å². The number of carbonyl (C=O) groups excluding carboxylic acids is 2. The molecule has 23 heavy (non-hydrogen) atoms. The molecule has 0 amide bonds. The Labute approximate surface area is 137 Å². The second-order valence-corrected chi connectivity index (χ2v) is 5.57. The van der Waals surface area contributed by atoms with Crippen LogP contribution in [0.1, 0.15) is 16.6 Å². The van der Waals surface area contributed by atoms with Crippen LogP contribution in [-0.2, 0) is 14.3 Å². The van der Waals surface area contributed by atoms with Gasteiger partial charge in [0, 0.05) is 10.6 Å². The number of carbonyl (C=O) groups is 2. The van der Waals surface area contributed by atoms with E-state index in [2.05, 4.69) is 0 Å². The van der Waals surface area contributed by atoms with Gasteiger partial charge in [-0.25, -0.2) is 9.59 Å². The van der Waals surface area contributed by atoms with Crippen molar-refractivity contribution in [1.29, 1.82) is 0 Å². The molecular formula is C16H17NO5S. The lowest BCUT2D eigenvalue weighted by molar-refractivity contribution is -0.145. The van der Waals surface area contributed by atoms with Gasteiger partial charge in [0.05, 0.1) is 13.7 Å². The largest absolute Gasteiger partial charge is 0.480 e. The lowest BCUT2D eigenvalue weighted by Crippen LogP contribution is -2.15. The summed E-state index contributed by atoms with van der Waals surface area (Å²) in [6.07, 6.45) is 0. The number of thiophene rings is 1. The zero-order chi connectivity index (χ0) is 16.8. The summed E-state index contributed by atoms with van der Waals surface area (Å²) in [5.41, 5.74) is 7.25. The standard InChI is InChI=1S/C16H17NO5S/c1-3-21-14(18)9-22-12-8-13(23-15(12)16(19)20-2)10-5-4-6-11(17)7-10/h4-8H,3,9,17H2,1-2H3. The first kappa shape index (κ1) is 16.8. The third-order valence-corrected chi connectivity index (χ3v) is 4.04. The van der Waals surface area contributed by atoms with Crippen LogP contribution in [0.5, 0.6) is 5.75 Å². The van der Waals surface area contributed by atoms with Crippen molar-refractivity contribution in [3.63, 3.8) is 0 Å². The number of methoxy groups -OCH3 is 1. The van der Waals surface area contributed by atoms with Gasteiger partial charge < -0.3 is 19.9 Å². The monoisotopic (exact) mass is 335 g/mol. The highest BCUT2D eigenvalue weighted by Gasteiger charge is 2.20. The lowest BCUT2D eigenvalue weighted by Gasteiger charge is -2.05. The summed E-state index contributed by atoms with van der Waals surface area (Å²) in [6.45, 7) is 1.70. The minimum absolute atomic E-state index is 0.268. The van der Waals surface area contributed by atoms with Crippen molar-refractivity contribution in [3.8, 4) is 16.2 Å². The Morgan fingerprint density at radius 2 is 2.04 bits per heavy atom. The molecule has 0 spiro atoms. The molecule has 7 heteroatoms. The molecule has 2 aromatic rings. The van der Waals surface area contributed by atoms with Crippen molar-refractivity contribution in [2.45, 2.75) is 6.92 Å². The maximum atomic E-state index is 11.9. The quantitative estimate of drug-likeness (QED) is 0.645. The molecule has 0 aliphatic heterocycles. The summed E-state index contributed by atoms with van der Waals surface area (Å²) in [4.78, 5) is 24.4. The Balaban J connectivity index is 2.29. The molecule has 1 heterocycles. The van der Waals surface area contributed by atoms with E-state index in [1.54, 1.807) is 25.1 Å². The number of esters is 2. The van der Waals surface area contributed by atoms with Gasteiger partial charge >= 0.3 is 11.9 Å². The Bertz CT molecular complexity index is 710. The van der Waals surface area contributed by atoms with Crippen molar-refractivity contribution >= 4 is 29.0 Å². The maximum absolute atomic E-state index is 11.9. The molecule has 122 valence electrons. The lowest BCUT2D eigenvalue weighted by atomic mass is 10.1. The summed E-state index contributed by atoms with van der Waals surface area (Å²) in [6, 6.07) is 8.95. The van der Waals surface area contributed by atoms with Crippen LogP contribution in [-0.4, -0.2) is 32.3 Å². The van der Waals surface area contributed by atoms with Crippen LogP contribution in [0, 0.1) is 0 Å². The molecule has 2 N–H and O–H groups in total. The topological polar surface area (TPSA) is 87.9 Å².